The first-order chi connectivity index (χ1) is 8.72. The predicted octanol–water partition coefficient (Wildman–Crippen LogP) is -0.245. The lowest BCUT2D eigenvalue weighted by atomic mass is 10.1. The summed E-state index contributed by atoms with van der Waals surface area (Å²) in [5.41, 5.74) is 10.3. The highest BCUT2D eigenvalue weighted by molar-refractivity contribution is 7.84. The molecule has 0 saturated heterocycles. The van der Waals surface area contributed by atoms with Gasteiger partial charge in [0.1, 0.15) is 12.1 Å². The van der Waals surface area contributed by atoms with Gasteiger partial charge in [0.25, 0.3) is 0 Å². The lowest BCUT2D eigenvalue weighted by Gasteiger charge is -2.02. The largest absolute Gasteiger partial charge is 0.480 e. The van der Waals surface area contributed by atoms with Gasteiger partial charge >= 0.3 is 11.9 Å². The number of nitrogens with two attached hydrogens (primary N) is 2. The van der Waals surface area contributed by atoms with Gasteiger partial charge in [0.05, 0.1) is 0 Å². The summed E-state index contributed by atoms with van der Waals surface area (Å²) < 4.78 is 10.4. The number of unbranched alkanes of at least 4 members (excludes halogenated alkanes) is 1. The molecule has 0 aliphatic rings. The van der Waals surface area contributed by atoms with E-state index in [9.17, 15) is 13.8 Å². The molecule has 7 nitrogen and oxygen atoms in total. The first kappa shape index (κ1) is 20.3. The molecule has 0 spiro atoms. The topological polar surface area (TPSA) is 144 Å². The quantitative estimate of drug-likeness (QED) is 0.483. The van der Waals surface area contributed by atoms with Crippen molar-refractivity contribution in [2.75, 3.05) is 12.0 Å². The van der Waals surface area contributed by atoms with Crippen molar-refractivity contribution in [1.29, 1.82) is 0 Å². The Balaban J connectivity index is 0. The van der Waals surface area contributed by atoms with Crippen molar-refractivity contribution in [3.05, 3.63) is 0 Å². The van der Waals surface area contributed by atoms with Crippen LogP contribution in [0.5, 0.6) is 0 Å². The first-order valence-electron chi connectivity index (χ1n) is 5.99. The van der Waals surface area contributed by atoms with Crippen molar-refractivity contribution < 1.29 is 24.0 Å². The molecule has 0 bridgehead atoms. The predicted molar refractivity (Wildman–Crippen MR) is 74.3 cm³/mol. The fraction of sp³-hybridized carbons (Fsp3) is 0.818. The lowest BCUT2D eigenvalue weighted by Crippen LogP contribution is -2.31. The van der Waals surface area contributed by atoms with Crippen molar-refractivity contribution in [2.45, 2.75) is 44.7 Å². The molecule has 0 rings (SSSR count). The molecule has 8 heteroatoms. The van der Waals surface area contributed by atoms with Crippen LogP contribution in [0.1, 0.15) is 32.6 Å². The van der Waals surface area contributed by atoms with E-state index in [2.05, 4.69) is 0 Å². The molecule has 0 aliphatic carbocycles. The number of aliphatic carboxylic acids is 2. The van der Waals surface area contributed by atoms with Crippen LogP contribution in [-0.2, 0) is 20.4 Å². The van der Waals surface area contributed by atoms with E-state index in [4.69, 9.17) is 21.7 Å². The Labute approximate surface area is 115 Å². The van der Waals surface area contributed by atoms with E-state index in [1.807, 2.05) is 6.92 Å². The third-order valence-corrected chi connectivity index (χ3v) is 3.03. The van der Waals surface area contributed by atoms with Crippen LogP contribution < -0.4 is 11.5 Å². The number of carboxylic acid groups (broad SMARTS) is 2. The van der Waals surface area contributed by atoms with Crippen molar-refractivity contribution >= 4 is 22.7 Å². The Bertz CT molecular complexity index is 299. The third-order valence-electron chi connectivity index (χ3n) is 2.22. The fourth-order valence-corrected chi connectivity index (χ4v) is 1.55. The summed E-state index contributed by atoms with van der Waals surface area (Å²) in [4.78, 5) is 20.2. The normalized spacial score (nSPS) is 14.7. The van der Waals surface area contributed by atoms with E-state index < -0.39 is 34.8 Å². The highest BCUT2D eigenvalue weighted by Gasteiger charge is 2.10. The Kier molecular flexibility index (Phi) is 12.9. The first-order valence-corrected chi connectivity index (χ1v) is 7.71. The van der Waals surface area contributed by atoms with Crippen LogP contribution in [-0.4, -0.2) is 50.5 Å². The van der Waals surface area contributed by atoms with Crippen LogP contribution in [0.2, 0.25) is 0 Å². The van der Waals surface area contributed by atoms with Crippen LogP contribution in [0.25, 0.3) is 0 Å². The van der Waals surface area contributed by atoms with Gasteiger partial charge in [0.15, 0.2) is 0 Å². The van der Waals surface area contributed by atoms with E-state index in [0.29, 0.717) is 12.2 Å². The minimum atomic E-state index is -1.04. The van der Waals surface area contributed by atoms with E-state index in [-0.39, 0.29) is 6.42 Å². The van der Waals surface area contributed by atoms with Gasteiger partial charge < -0.3 is 21.7 Å². The average Bonchev–Trinajstić information content (AvgIpc) is 2.33. The number of hydrogen-bond donors (Lipinski definition) is 4. The number of rotatable bonds is 8. The molecule has 0 fully saturated rings. The standard InChI is InChI=1S/C6H13NO2.C5H11NO3S/c1-2-3-4-5(7)6(8)9;1-10(9)3-2-4(6)5(7)8/h5H,2-4,7H2,1H3,(H,8,9);4H,2-3,6H2,1H3,(H,7,8)/t5-;4-,10?/m00/s1. The second-order valence-electron chi connectivity index (χ2n) is 4.10. The molecule has 0 radical (unpaired) electrons. The monoisotopic (exact) mass is 296 g/mol. The molecule has 3 atom stereocenters. The molecule has 0 aromatic heterocycles. The van der Waals surface area contributed by atoms with E-state index in [1.165, 1.54) is 6.26 Å². The van der Waals surface area contributed by atoms with Crippen LogP contribution in [0, 0.1) is 0 Å². The lowest BCUT2D eigenvalue weighted by molar-refractivity contribution is -0.139. The maximum Gasteiger partial charge on any atom is 0.320 e. The molecule has 1 unspecified atom stereocenters. The van der Waals surface area contributed by atoms with E-state index >= 15 is 0 Å². The van der Waals surface area contributed by atoms with Gasteiger partial charge in [-0.3, -0.25) is 13.8 Å². The summed E-state index contributed by atoms with van der Waals surface area (Å²) in [7, 11) is -0.946. The van der Waals surface area contributed by atoms with Crippen molar-refractivity contribution in [3.8, 4) is 0 Å². The molecule has 0 saturated carbocycles. The van der Waals surface area contributed by atoms with Gasteiger partial charge in [0, 0.05) is 22.8 Å². The minimum Gasteiger partial charge on any atom is -0.480 e. The number of carbonyl (C=O) groups is 2. The molecule has 0 aromatic rings. The molecule has 0 heterocycles. The van der Waals surface area contributed by atoms with Crippen molar-refractivity contribution in [1.82, 2.24) is 0 Å². The zero-order chi connectivity index (χ0) is 15.4. The number of carboxylic acids is 2. The maximum atomic E-state index is 10.4. The zero-order valence-electron chi connectivity index (χ0n) is 11.4. The molecule has 6 N–H and O–H groups in total. The molecule has 0 aromatic carbocycles. The molecule has 19 heavy (non-hydrogen) atoms. The average molecular weight is 296 g/mol. The SMILES string of the molecule is CCCC[C@H](N)C(=O)O.CS(=O)CC[C@H](N)C(=O)O. The Morgan fingerprint density at radius 2 is 1.53 bits per heavy atom. The summed E-state index contributed by atoms with van der Waals surface area (Å²) in [5.74, 6) is -1.58. The van der Waals surface area contributed by atoms with Crippen LogP contribution in [0.4, 0.5) is 0 Å². The zero-order valence-corrected chi connectivity index (χ0v) is 12.2. The molecule has 0 aliphatic heterocycles. The molecule has 0 amide bonds. The van der Waals surface area contributed by atoms with E-state index in [1.54, 1.807) is 0 Å². The Morgan fingerprint density at radius 3 is 1.84 bits per heavy atom. The van der Waals surface area contributed by atoms with Crippen molar-refractivity contribution in [2.24, 2.45) is 11.5 Å². The highest BCUT2D eigenvalue weighted by Crippen LogP contribution is 1.97. The van der Waals surface area contributed by atoms with Crippen molar-refractivity contribution in [3.63, 3.8) is 0 Å². The van der Waals surface area contributed by atoms with Gasteiger partial charge in [-0.2, -0.15) is 0 Å². The molecule has 114 valence electrons. The van der Waals surface area contributed by atoms with Crippen LogP contribution in [0.15, 0.2) is 0 Å². The maximum absolute atomic E-state index is 10.4. The third kappa shape index (κ3) is 15.0. The fourth-order valence-electron chi connectivity index (χ4n) is 0.964. The smallest absolute Gasteiger partial charge is 0.320 e. The summed E-state index contributed by atoms with van der Waals surface area (Å²) in [6.07, 6.45) is 4.29. The van der Waals surface area contributed by atoms with Gasteiger partial charge in [-0.25, -0.2) is 0 Å². The molecular weight excluding hydrogens is 272 g/mol. The number of hydrogen-bond acceptors (Lipinski definition) is 5. The summed E-state index contributed by atoms with van der Waals surface area (Å²) in [6, 6.07) is -1.53. The van der Waals surface area contributed by atoms with E-state index in [0.717, 1.165) is 12.8 Å². The van der Waals surface area contributed by atoms with Crippen LogP contribution in [0.3, 0.4) is 0 Å². The van der Waals surface area contributed by atoms with Gasteiger partial charge in [-0.1, -0.05) is 19.8 Å². The van der Waals surface area contributed by atoms with Gasteiger partial charge in [-0.15, -0.1) is 0 Å². The second-order valence-corrected chi connectivity index (χ2v) is 5.65. The van der Waals surface area contributed by atoms with Crippen LogP contribution >= 0.6 is 0 Å². The van der Waals surface area contributed by atoms with Gasteiger partial charge in [0.2, 0.25) is 0 Å². The Morgan fingerprint density at radius 1 is 1.11 bits per heavy atom. The second kappa shape index (κ2) is 12.1. The Hall–Kier alpha value is -0.990. The summed E-state index contributed by atoms with van der Waals surface area (Å²) in [6.45, 7) is 2.01. The highest BCUT2D eigenvalue weighted by atomic mass is 32.2. The van der Waals surface area contributed by atoms with Gasteiger partial charge in [-0.05, 0) is 12.8 Å². The minimum absolute atomic E-state index is 0.276. The molecular formula is C11H24N2O5S. The summed E-state index contributed by atoms with van der Waals surface area (Å²) in [5, 5.41) is 16.6. The summed E-state index contributed by atoms with van der Waals surface area (Å²) >= 11 is 0.